The lowest BCUT2D eigenvalue weighted by molar-refractivity contribution is -0.172. The van der Waals surface area contributed by atoms with E-state index in [9.17, 15) is 18.6 Å². The molecular weight excluding hydrogens is 416 g/mol. The fourth-order valence-electron chi connectivity index (χ4n) is 4.02. The molecule has 1 aromatic carbocycles. The first-order valence-electron chi connectivity index (χ1n) is 10.9. The summed E-state index contributed by atoms with van der Waals surface area (Å²) in [5.41, 5.74) is 1.13. The van der Waals surface area contributed by atoms with Crippen molar-refractivity contribution in [3.05, 3.63) is 35.9 Å². The predicted octanol–water partition coefficient (Wildman–Crippen LogP) is 0.599. The molecule has 0 aliphatic carbocycles. The largest absolute Gasteiger partial charge is 0.343 e. The Kier molecular flexibility index (Phi) is 8.20. The maximum Gasteiger partial charge on any atom is 0.264 e. The van der Waals surface area contributed by atoms with E-state index in [-0.39, 0.29) is 36.6 Å². The van der Waals surface area contributed by atoms with Crippen molar-refractivity contribution in [3.8, 4) is 0 Å². The molecule has 2 fully saturated rings. The van der Waals surface area contributed by atoms with Gasteiger partial charge in [0.2, 0.25) is 11.8 Å². The Morgan fingerprint density at radius 2 is 1.97 bits per heavy atom. The van der Waals surface area contributed by atoms with E-state index in [4.69, 9.17) is 0 Å². The average molecular weight is 449 g/mol. The lowest BCUT2D eigenvalue weighted by Gasteiger charge is -2.43. The molecule has 31 heavy (non-hydrogen) atoms. The molecule has 2 saturated heterocycles. The number of amides is 3. The van der Waals surface area contributed by atoms with E-state index in [1.807, 2.05) is 30.3 Å². The monoisotopic (exact) mass is 448 g/mol. The molecular formula is C22H32N4O4S. The number of rotatable bonds is 8. The average Bonchev–Trinajstić information content (AvgIpc) is 2.90. The summed E-state index contributed by atoms with van der Waals surface area (Å²) in [5, 5.41) is 8.65. The van der Waals surface area contributed by atoms with Gasteiger partial charge in [-0.3, -0.25) is 23.6 Å². The number of hydrogen-bond donors (Lipinski definition) is 2. The van der Waals surface area contributed by atoms with Crippen LogP contribution in [0, 0.1) is 0 Å². The Bertz CT molecular complexity index is 819. The number of fused-ring (bicyclic) bond motifs is 1. The van der Waals surface area contributed by atoms with E-state index < -0.39 is 22.9 Å². The van der Waals surface area contributed by atoms with Crippen molar-refractivity contribution in [2.45, 2.75) is 57.2 Å². The molecule has 2 N–H and O–H groups in total. The highest BCUT2D eigenvalue weighted by Gasteiger charge is 2.42. The van der Waals surface area contributed by atoms with Crippen molar-refractivity contribution in [1.82, 2.24) is 20.7 Å². The number of hydrogen-bond acceptors (Lipinski definition) is 5. The van der Waals surface area contributed by atoms with Crippen LogP contribution in [-0.2, 0) is 31.6 Å². The molecule has 4 atom stereocenters. The minimum atomic E-state index is -1.12. The van der Waals surface area contributed by atoms with Crippen molar-refractivity contribution in [2.75, 3.05) is 25.1 Å². The molecule has 0 saturated carbocycles. The first-order chi connectivity index (χ1) is 14.9. The van der Waals surface area contributed by atoms with E-state index >= 15 is 0 Å². The van der Waals surface area contributed by atoms with Crippen LogP contribution >= 0.6 is 0 Å². The summed E-state index contributed by atoms with van der Waals surface area (Å²) < 4.78 is 12.8. The zero-order chi connectivity index (χ0) is 22.4. The molecule has 2 aliphatic rings. The fourth-order valence-corrected chi connectivity index (χ4v) is 5.38. The lowest BCUT2D eigenvalue weighted by atomic mass is 10.1. The van der Waals surface area contributed by atoms with E-state index in [1.165, 1.54) is 10.0 Å². The summed E-state index contributed by atoms with van der Waals surface area (Å²) in [5.74, 6) is 0.160. The first kappa shape index (κ1) is 23.4. The minimum absolute atomic E-state index is 0.119. The van der Waals surface area contributed by atoms with Crippen molar-refractivity contribution in [2.24, 2.45) is 0 Å². The van der Waals surface area contributed by atoms with Gasteiger partial charge in [0.15, 0.2) is 0 Å². The number of nitrogens with one attached hydrogen (secondary N) is 2. The molecule has 0 spiro atoms. The molecule has 3 rings (SSSR count). The molecule has 0 bridgehead atoms. The number of aryl methyl sites for hydroxylation is 1. The summed E-state index contributed by atoms with van der Waals surface area (Å²) >= 11 is 0. The second-order valence-corrected chi connectivity index (χ2v) is 9.77. The van der Waals surface area contributed by atoms with E-state index in [1.54, 1.807) is 14.0 Å². The van der Waals surface area contributed by atoms with Gasteiger partial charge in [-0.15, -0.1) is 0 Å². The highest BCUT2D eigenvalue weighted by atomic mass is 32.2. The first-order valence-corrected chi connectivity index (χ1v) is 12.4. The van der Waals surface area contributed by atoms with Crippen molar-refractivity contribution in [3.63, 3.8) is 0 Å². The third-order valence-corrected chi connectivity index (χ3v) is 7.37. The van der Waals surface area contributed by atoms with Crippen LogP contribution in [0.5, 0.6) is 0 Å². The third kappa shape index (κ3) is 5.92. The molecule has 8 nitrogen and oxygen atoms in total. The van der Waals surface area contributed by atoms with Crippen LogP contribution in [0.25, 0.3) is 0 Å². The number of carbonyl (C=O) groups is 3. The van der Waals surface area contributed by atoms with Gasteiger partial charge in [-0.2, -0.15) is 0 Å². The number of benzene rings is 1. The van der Waals surface area contributed by atoms with Crippen LogP contribution in [-0.4, -0.2) is 75.2 Å². The van der Waals surface area contributed by atoms with Gasteiger partial charge < -0.3 is 10.6 Å². The summed E-state index contributed by atoms with van der Waals surface area (Å²) in [6.45, 7) is 2.19. The zero-order valence-electron chi connectivity index (χ0n) is 18.2. The predicted molar refractivity (Wildman–Crippen MR) is 119 cm³/mol. The molecule has 0 radical (unpaired) electrons. The second kappa shape index (κ2) is 10.9. The smallest absolute Gasteiger partial charge is 0.264 e. The molecule has 9 heteroatoms. The number of nitrogens with zero attached hydrogens (tertiary/aromatic N) is 2. The number of hydrazine groups is 1. The Labute approximate surface area is 186 Å². The van der Waals surface area contributed by atoms with E-state index in [0.717, 1.165) is 12.0 Å². The van der Waals surface area contributed by atoms with E-state index in [0.29, 0.717) is 30.9 Å². The Hall–Kier alpha value is -2.26. The van der Waals surface area contributed by atoms with Gasteiger partial charge in [-0.05, 0) is 45.2 Å². The Morgan fingerprint density at radius 1 is 1.23 bits per heavy atom. The molecule has 2 unspecified atom stereocenters. The van der Waals surface area contributed by atoms with Crippen LogP contribution in [0.1, 0.15) is 38.2 Å². The summed E-state index contributed by atoms with van der Waals surface area (Å²) in [6.07, 6.45) is 2.64. The molecule has 3 amide bonds. The quantitative estimate of drug-likeness (QED) is 0.607. The van der Waals surface area contributed by atoms with Crippen molar-refractivity contribution < 1.29 is 18.6 Å². The standard InChI is InChI=1S/C22H32N4O4S/c1-16(23-2)21(28)24-19-10-11-20(27)25-13-6-9-18(26(25)22(19)29)15-31(30)14-12-17-7-4-3-5-8-17/h3-5,7-8,16,18-19,23H,6,9-15H2,1-2H3,(H,24,28)/t16?,18-,19-,31?/m0/s1. The SMILES string of the molecule is CNC(C)C(=O)N[C@H]1CCC(=O)N2CCC[C@@H](CS(=O)CCc3ccccc3)N2C1=O. The van der Waals surface area contributed by atoms with Gasteiger partial charge in [-0.25, -0.2) is 5.01 Å². The minimum Gasteiger partial charge on any atom is -0.343 e. The molecule has 170 valence electrons. The van der Waals surface area contributed by atoms with Crippen LogP contribution in [0.4, 0.5) is 0 Å². The van der Waals surface area contributed by atoms with Gasteiger partial charge in [0.1, 0.15) is 6.04 Å². The summed E-state index contributed by atoms with van der Waals surface area (Å²) in [4.78, 5) is 38.4. The van der Waals surface area contributed by atoms with Gasteiger partial charge >= 0.3 is 0 Å². The van der Waals surface area contributed by atoms with Crippen LogP contribution in [0.2, 0.25) is 0 Å². The highest BCUT2D eigenvalue weighted by Crippen LogP contribution is 2.25. The van der Waals surface area contributed by atoms with Crippen LogP contribution in [0.15, 0.2) is 30.3 Å². The number of likely N-dealkylation sites (N-methyl/N-ethyl adjacent to an activating group) is 1. The summed E-state index contributed by atoms with van der Waals surface area (Å²) in [7, 11) is 0.551. The van der Waals surface area contributed by atoms with Crippen LogP contribution < -0.4 is 10.6 Å². The van der Waals surface area contributed by atoms with Crippen LogP contribution in [0.3, 0.4) is 0 Å². The van der Waals surface area contributed by atoms with E-state index in [2.05, 4.69) is 10.6 Å². The normalized spacial score (nSPS) is 23.7. The molecule has 1 aromatic rings. The second-order valence-electron chi connectivity index (χ2n) is 8.15. The molecule has 2 aliphatic heterocycles. The van der Waals surface area contributed by atoms with Gasteiger partial charge in [0, 0.05) is 35.3 Å². The lowest BCUT2D eigenvalue weighted by Crippen LogP contribution is -2.62. The zero-order valence-corrected chi connectivity index (χ0v) is 19.0. The van der Waals surface area contributed by atoms with Crippen molar-refractivity contribution >= 4 is 28.5 Å². The topological polar surface area (TPSA) is 98.8 Å². The molecule has 0 aromatic heterocycles. The maximum absolute atomic E-state index is 13.3. The number of carbonyl (C=O) groups excluding carboxylic acids is 3. The fraction of sp³-hybridized carbons (Fsp3) is 0.591. The van der Waals surface area contributed by atoms with Gasteiger partial charge in [0.25, 0.3) is 5.91 Å². The maximum atomic E-state index is 13.3. The summed E-state index contributed by atoms with van der Waals surface area (Å²) in [6, 6.07) is 8.39. The highest BCUT2D eigenvalue weighted by molar-refractivity contribution is 7.85. The third-order valence-electron chi connectivity index (χ3n) is 5.95. The van der Waals surface area contributed by atoms with Crippen molar-refractivity contribution in [1.29, 1.82) is 0 Å². The molecule has 2 heterocycles. The Balaban J connectivity index is 1.69. The van der Waals surface area contributed by atoms with Gasteiger partial charge in [0.05, 0.1) is 12.1 Å². The Morgan fingerprint density at radius 3 is 2.68 bits per heavy atom. The van der Waals surface area contributed by atoms with Gasteiger partial charge in [-0.1, -0.05) is 30.3 Å².